The number of hydrogen-bond donors (Lipinski definition) is 2. The van der Waals surface area contributed by atoms with Crippen molar-refractivity contribution in [2.45, 2.75) is 25.8 Å². The van der Waals surface area contributed by atoms with Crippen LogP contribution in [0.4, 0.5) is 0 Å². The second-order valence-electron chi connectivity index (χ2n) is 6.43. The summed E-state index contributed by atoms with van der Waals surface area (Å²) in [6.07, 6.45) is 1.77. The first-order valence-electron chi connectivity index (χ1n) is 8.23. The second-order valence-corrected chi connectivity index (χ2v) is 6.82. The quantitative estimate of drug-likeness (QED) is 0.838. The highest BCUT2D eigenvalue weighted by Gasteiger charge is 2.34. The van der Waals surface area contributed by atoms with Crippen LogP contribution in [0.25, 0.3) is 0 Å². The maximum absolute atomic E-state index is 12.8. The maximum Gasteiger partial charge on any atom is 0.225 e. The average Bonchev–Trinajstić information content (AvgIpc) is 3.05. The van der Waals surface area contributed by atoms with Gasteiger partial charge in [0.05, 0.1) is 12.0 Å². The molecule has 1 saturated heterocycles. The largest absolute Gasteiger partial charge is 0.349 e. The summed E-state index contributed by atoms with van der Waals surface area (Å²) in [5.74, 6) is 0.105. The Kier molecular flexibility index (Phi) is 5.17. The fourth-order valence-electron chi connectivity index (χ4n) is 3.25. The maximum atomic E-state index is 12.8. The minimum Gasteiger partial charge on any atom is -0.349 e. The minimum absolute atomic E-state index is 0.0120. The lowest BCUT2D eigenvalue weighted by molar-refractivity contribution is -0.125. The molecule has 1 aliphatic heterocycles. The Labute approximate surface area is 147 Å². The molecule has 1 aliphatic rings. The van der Waals surface area contributed by atoms with E-state index in [1.54, 1.807) is 12.3 Å². The van der Waals surface area contributed by atoms with Crippen molar-refractivity contribution in [3.63, 3.8) is 0 Å². The highest BCUT2D eigenvalue weighted by Crippen LogP contribution is 2.29. The van der Waals surface area contributed by atoms with E-state index in [-0.39, 0.29) is 23.8 Å². The predicted octanol–water partition coefficient (Wildman–Crippen LogP) is 3.22. The molecule has 1 aromatic heterocycles. The number of benzene rings is 1. The Hall–Kier alpha value is -1.91. The van der Waals surface area contributed by atoms with Gasteiger partial charge in [0, 0.05) is 25.2 Å². The SMILES string of the molecule is Cc1cccc([C@H](C)NC(=O)[C@@H]2CNC[C@H]2c2ccc(Cl)nc2)c1. The van der Waals surface area contributed by atoms with Crippen molar-refractivity contribution >= 4 is 17.5 Å². The van der Waals surface area contributed by atoms with E-state index in [9.17, 15) is 4.79 Å². The van der Waals surface area contributed by atoms with Gasteiger partial charge in [-0.25, -0.2) is 4.98 Å². The molecular formula is C19H22ClN3O. The third kappa shape index (κ3) is 3.77. The summed E-state index contributed by atoms with van der Waals surface area (Å²) in [7, 11) is 0. The highest BCUT2D eigenvalue weighted by molar-refractivity contribution is 6.29. The second kappa shape index (κ2) is 7.32. The van der Waals surface area contributed by atoms with Crippen LogP contribution in [0.5, 0.6) is 0 Å². The van der Waals surface area contributed by atoms with Crippen LogP contribution in [0.3, 0.4) is 0 Å². The number of aryl methyl sites for hydroxylation is 1. The molecule has 126 valence electrons. The Balaban J connectivity index is 1.70. The Morgan fingerprint density at radius 3 is 2.88 bits per heavy atom. The van der Waals surface area contributed by atoms with Gasteiger partial charge in [0.1, 0.15) is 5.15 Å². The average molecular weight is 344 g/mol. The molecule has 0 aliphatic carbocycles. The normalized spacial score (nSPS) is 21.5. The fraction of sp³-hybridized carbons (Fsp3) is 0.368. The highest BCUT2D eigenvalue weighted by atomic mass is 35.5. The number of hydrogen-bond acceptors (Lipinski definition) is 3. The third-order valence-corrected chi connectivity index (χ3v) is 4.85. The molecule has 3 atom stereocenters. The molecule has 2 aromatic rings. The van der Waals surface area contributed by atoms with Crippen LogP contribution in [-0.4, -0.2) is 24.0 Å². The van der Waals surface area contributed by atoms with Crippen molar-refractivity contribution in [3.8, 4) is 0 Å². The van der Waals surface area contributed by atoms with Gasteiger partial charge < -0.3 is 10.6 Å². The van der Waals surface area contributed by atoms with E-state index in [1.165, 1.54) is 5.56 Å². The number of amides is 1. The van der Waals surface area contributed by atoms with E-state index >= 15 is 0 Å². The molecule has 0 unspecified atom stereocenters. The van der Waals surface area contributed by atoms with Gasteiger partial charge in [0.25, 0.3) is 0 Å². The molecule has 0 saturated carbocycles. The first-order valence-corrected chi connectivity index (χ1v) is 8.61. The first-order chi connectivity index (χ1) is 11.5. The topological polar surface area (TPSA) is 54.0 Å². The predicted molar refractivity (Wildman–Crippen MR) is 96.1 cm³/mol. The van der Waals surface area contributed by atoms with Crippen molar-refractivity contribution in [2.75, 3.05) is 13.1 Å². The van der Waals surface area contributed by atoms with Gasteiger partial charge in [0.2, 0.25) is 5.91 Å². The van der Waals surface area contributed by atoms with Crippen molar-refractivity contribution in [1.82, 2.24) is 15.6 Å². The van der Waals surface area contributed by atoms with Crippen LogP contribution in [0, 0.1) is 12.8 Å². The van der Waals surface area contributed by atoms with Gasteiger partial charge in [0.15, 0.2) is 0 Å². The van der Waals surface area contributed by atoms with E-state index < -0.39 is 0 Å². The standard InChI is InChI=1S/C19H22ClN3O/c1-12-4-3-5-14(8-12)13(2)23-19(24)17-11-21-10-16(17)15-6-7-18(20)22-9-15/h3-9,13,16-17,21H,10-11H2,1-2H3,(H,23,24)/t13-,16-,17+/m0/s1. The molecule has 1 amide bonds. The van der Waals surface area contributed by atoms with E-state index in [2.05, 4.69) is 34.7 Å². The van der Waals surface area contributed by atoms with Gasteiger partial charge in [-0.1, -0.05) is 47.5 Å². The number of rotatable bonds is 4. The van der Waals surface area contributed by atoms with Gasteiger partial charge in [-0.05, 0) is 31.0 Å². The zero-order valence-corrected chi connectivity index (χ0v) is 14.7. The molecule has 0 radical (unpaired) electrons. The van der Waals surface area contributed by atoms with Crippen LogP contribution in [0.1, 0.15) is 35.6 Å². The lowest BCUT2D eigenvalue weighted by atomic mass is 9.89. The summed E-state index contributed by atoms with van der Waals surface area (Å²) in [6, 6.07) is 12.0. The van der Waals surface area contributed by atoms with Crippen LogP contribution in [0.15, 0.2) is 42.6 Å². The third-order valence-electron chi connectivity index (χ3n) is 4.63. The van der Waals surface area contributed by atoms with Crippen LogP contribution in [0.2, 0.25) is 5.15 Å². The van der Waals surface area contributed by atoms with E-state index in [0.29, 0.717) is 11.7 Å². The number of halogens is 1. The number of nitrogens with zero attached hydrogens (tertiary/aromatic N) is 1. The van der Waals surface area contributed by atoms with Crippen LogP contribution < -0.4 is 10.6 Å². The molecule has 3 rings (SSSR count). The van der Waals surface area contributed by atoms with Crippen molar-refractivity contribution in [3.05, 3.63) is 64.4 Å². The number of carbonyl (C=O) groups is 1. The molecule has 2 heterocycles. The number of pyridine rings is 1. The molecule has 0 spiro atoms. The Morgan fingerprint density at radius 1 is 1.33 bits per heavy atom. The summed E-state index contributed by atoms with van der Waals surface area (Å²) in [5, 5.41) is 6.94. The molecule has 0 bridgehead atoms. The van der Waals surface area contributed by atoms with Crippen molar-refractivity contribution < 1.29 is 4.79 Å². The van der Waals surface area contributed by atoms with E-state index in [4.69, 9.17) is 11.6 Å². The summed E-state index contributed by atoms with van der Waals surface area (Å²) < 4.78 is 0. The molecule has 1 fully saturated rings. The van der Waals surface area contributed by atoms with E-state index in [0.717, 1.165) is 17.7 Å². The lowest BCUT2D eigenvalue weighted by Gasteiger charge is -2.22. The monoisotopic (exact) mass is 343 g/mol. The number of aromatic nitrogens is 1. The molecule has 2 N–H and O–H groups in total. The molecular weight excluding hydrogens is 322 g/mol. The summed E-state index contributed by atoms with van der Waals surface area (Å²) in [6.45, 7) is 5.54. The summed E-state index contributed by atoms with van der Waals surface area (Å²) in [4.78, 5) is 16.9. The zero-order valence-electron chi connectivity index (χ0n) is 13.9. The van der Waals surface area contributed by atoms with E-state index in [1.807, 2.05) is 25.1 Å². The van der Waals surface area contributed by atoms with Crippen LogP contribution in [-0.2, 0) is 4.79 Å². The van der Waals surface area contributed by atoms with Crippen molar-refractivity contribution in [1.29, 1.82) is 0 Å². The first kappa shape index (κ1) is 16.9. The Bertz CT molecular complexity index is 717. The molecule has 5 heteroatoms. The van der Waals surface area contributed by atoms with Crippen LogP contribution >= 0.6 is 11.6 Å². The fourth-order valence-corrected chi connectivity index (χ4v) is 3.37. The van der Waals surface area contributed by atoms with Gasteiger partial charge in [-0.15, -0.1) is 0 Å². The Morgan fingerprint density at radius 2 is 2.17 bits per heavy atom. The lowest BCUT2D eigenvalue weighted by Crippen LogP contribution is -2.36. The number of nitrogens with one attached hydrogen (secondary N) is 2. The summed E-state index contributed by atoms with van der Waals surface area (Å²) in [5.41, 5.74) is 3.37. The van der Waals surface area contributed by atoms with Gasteiger partial charge >= 0.3 is 0 Å². The molecule has 1 aromatic carbocycles. The van der Waals surface area contributed by atoms with Gasteiger partial charge in [-0.2, -0.15) is 0 Å². The van der Waals surface area contributed by atoms with Crippen molar-refractivity contribution in [2.24, 2.45) is 5.92 Å². The van der Waals surface area contributed by atoms with Gasteiger partial charge in [-0.3, -0.25) is 4.79 Å². The zero-order chi connectivity index (χ0) is 17.1. The molecule has 24 heavy (non-hydrogen) atoms. The molecule has 4 nitrogen and oxygen atoms in total. The summed E-state index contributed by atoms with van der Waals surface area (Å²) >= 11 is 5.86. The smallest absolute Gasteiger partial charge is 0.225 e. The number of carbonyl (C=O) groups excluding carboxylic acids is 1. The minimum atomic E-state index is -0.0970.